The van der Waals surface area contributed by atoms with Crippen molar-refractivity contribution >= 4 is 0 Å². The van der Waals surface area contributed by atoms with Crippen LogP contribution in [0.3, 0.4) is 0 Å². The Bertz CT molecular complexity index is 1280. The van der Waals surface area contributed by atoms with E-state index in [1.807, 2.05) is 48.5 Å². The van der Waals surface area contributed by atoms with Crippen molar-refractivity contribution in [2.24, 2.45) is 0 Å². The Kier molecular flexibility index (Phi) is 5.79. The zero-order chi connectivity index (χ0) is 21.5. The van der Waals surface area contributed by atoms with Crippen LogP contribution in [-0.4, -0.2) is 0 Å². The molecule has 0 unspecified atom stereocenters. The summed E-state index contributed by atoms with van der Waals surface area (Å²) in [7, 11) is 0. The molecule has 0 fully saturated rings. The molecule has 148 valence electrons. The largest absolute Gasteiger partial charge is 0.457 e. The van der Waals surface area contributed by atoms with Gasteiger partial charge in [-0.05, 0) is 60.7 Å². The molecule has 0 saturated carbocycles. The van der Waals surface area contributed by atoms with E-state index in [1.54, 1.807) is 12.1 Å². The molecule has 0 bridgehead atoms. The molecule has 0 amide bonds. The van der Waals surface area contributed by atoms with Crippen LogP contribution in [0.2, 0.25) is 0 Å². The predicted molar refractivity (Wildman–Crippen MR) is 115 cm³/mol. The molecule has 5 heteroatoms. The number of ether oxygens (including phenoxy) is 1. The van der Waals surface area contributed by atoms with Crippen molar-refractivity contribution in [2.45, 2.75) is 0 Å². The molecule has 0 atom stereocenters. The number of rotatable bonds is 2. The van der Waals surface area contributed by atoms with Gasteiger partial charge in [0, 0.05) is 23.3 Å². The lowest BCUT2D eigenvalue weighted by atomic mass is 10.2. The third kappa shape index (κ3) is 5.63. The maximum atomic E-state index is 11.0. The number of hydrogen-bond donors (Lipinski definition) is 0. The molecule has 0 aliphatic rings. The average molecular weight is 406 g/mol. The van der Waals surface area contributed by atoms with Crippen molar-refractivity contribution in [3.8, 4) is 35.2 Å². The summed E-state index contributed by atoms with van der Waals surface area (Å²) in [5, 5.41) is 0. The van der Waals surface area contributed by atoms with Crippen molar-refractivity contribution in [1.82, 2.24) is 0 Å². The highest BCUT2D eigenvalue weighted by molar-refractivity contribution is 5.46. The normalized spacial score (nSPS) is 9.68. The summed E-state index contributed by atoms with van der Waals surface area (Å²) in [6.07, 6.45) is 2.66. The molecule has 0 radical (unpaired) electrons. The topological polar surface area (TPSA) is 69.7 Å². The lowest BCUT2D eigenvalue weighted by molar-refractivity contribution is 0.482. The molecule has 0 spiro atoms. The molecular weight excluding hydrogens is 392 g/mol. The van der Waals surface area contributed by atoms with Crippen LogP contribution in [0.1, 0.15) is 22.3 Å². The highest BCUT2D eigenvalue weighted by Crippen LogP contribution is 2.22. The first-order valence-electron chi connectivity index (χ1n) is 9.24. The minimum absolute atomic E-state index is 0.404. The highest BCUT2D eigenvalue weighted by Gasteiger charge is 1.98. The number of hydrogen-bond acceptors (Lipinski definition) is 5. The Balaban J connectivity index is 1.39. The molecule has 0 saturated heterocycles. The number of benzene rings is 2. The van der Waals surface area contributed by atoms with Crippen LogP contribution in [0.4, 0.5) is 0 Å². The van der Waals surface area contributed by atoms with Gasteiger partial charge in [0.05, 0.1) is 11.1 Å². The van der Waals surface area contributed by atoms with E-state index < -0.39 is 11.3 Å². The Morgan fingerprint density at radius 3 is 1.19 bits per heavy atom. The van der Waals surface area contributed by atoms with E-state index in [-0.39, 0.29) is 0 Å². The van der Waals surface area contributed by atoms with Gasteiger partial charge in [-0.25, -0.2) is 9.59 Å². The van der Waals surface area contributed by atoms with Crippen LogP contribution >= 0.6 is 0 Å². The molecular formula is C26H14O5. The summed E-state index contributed by atoms with van der Waals surface area (Å²) in [6.45, 7) is 0. The Morgan fingerprint density at radius 1 is 0.484 bits per heavy atom. The Hall–Kier alpha value is -4.74. The van der Waals surface area contributed by atoms with Gasteiger partial charge in [0.1, 0.15) is 24.0 Å². The molecule has 0 aliphatic heterocycles. The van der Waals surface area contributed by atoms with Crippen LogP contribution in [-0.2, 0) is 0 Å². The second-order valence-electron chi connectivity index (χ2n) is 6.34. The molecule has 0 N–H and O–H groups in total. The van der Waals surface area contributed by atoms with Gasteiger partial charge in [0.2, 0.25) is 0 Å². The molecule has 2 aromatic carbocycles. The first-order valence-corrected chi connectivity index (χ1v) is 9.24. The van der Waals surface area contributed by atoms with Crippen molar-refractivity contribution in [3.05, 3.63) is 128 Å². The van der Waals surface area contributed by atoms with Crippen LogP contribution in [0.15, 0.2) is 104 Å². The van der Waals surface area contributed by atoms with Crippen molar-refractivity contribution in [3.63, 3.8) is 0 Å². The SMILES string of the molecule is O=c1ccc(C#Cc2ccc(Oc3ccc(C#Cc4ccc(=O)oc4)cc3)cc2)co1. The fourth-order valence-corrected chi connectivity index (χ4v) is 2.50. The summed E-state index contributed by atoms with van der Waals surface area (Å²) in [5.41, 5.74) is 2.05. The Morgan fingerprint density at radius 2 is 0.839 bits per heavy atom. The minimum Gasteiger partial charge on any atom is -0.457 e. The van der Waals surface area contributed by atoms with Gasteiger partial charge >= 0.3 is 11.3 Å². The predicted octanol–water partition coefficient (Wildman–Crippen LogP) is 4.18. The minimum atomic E-state index is -0.404. The van der Waals surface area contributed by atoms with Gasteiger partial charge in [-0.1, -0.05) is 23.7 Å². The van der Waals surface area contributed by atoms with Gasteiger partial charge in [-0.3, -0.25) is 0 Å². The standard InChI is InChI=1S/C26H14O5/c27-25-15-9-21(17-29-25)3-1-19-5-11-23(12-6-19)31-24-13-7-20(8-14-24)2-4-22-10-16-26(28)30-18-22/h5-18H. The van der Waals surface area contributed by atoms with E-state index in [4.69, 9.17) is 13.6 Å². The zero-order valence-electron chi connectivity index (χ0n) is 16.1. The molecule has 4 rings (SSSR count). The smallest absolute Gasteiger partial charge is 0.335 e. The van der Waals surface area contributed by atoms with E-state index in [1.165, 1.54) is 24.7 Å². The zero-order valence-corrected chi connectivity index (χ0v) is 16.1. The van der Waals surface area contributed by atoms with E-state index in [0.29, 0.717) is 22.6 Å². The van der Waals surface area contributed by atoms with Crippen molar-refractivity contribution in [1.29, 1.82) is 0 Å². The summed E-state index contributed by atoms with van der Waals surface area (Å²) < 4.78 is 15.4. The van der Waals surface area contributed by atoms with E-state index in [9.17, 15) is 9.59 Å². The summed E-state index contributed by atoms with van der Waals surface area (Å²) >= 11 is 0. The average Bonchev–Trinajstić information content (AvgIpc) is 2.80. The van der Waals surface area contributed by atoms with Crippen LogP contribution in [0.25, 0.3) is 0 Å². The summed E-state index contributed by atoms with van der Waals surface area (Å²) in [6, 6.07) is 20.6. The third-order valence-corrected chi connectivity index (χ3v) is 4.05. The molecule has 31 heavy (non-hydrogen) atoms. The van der Waals surface area contributed by atoms with Gasteiger partial charge < -0.3 is 13.6 Å². The van der Waals surface area contributed by atoms with Crippen molar-refractivity contribution in [2.75, 3.05) is 0 Å². The molecule has 5 nitrogen and oxygen atoms in total. The van der Waals surface area contributed by atoms with Crippen molar-refractivity contribution < 1.29 is 13.6 Å². The third-order valence-electron chi connectivity index (χ3n) is 4.05. The maximum absolute atomic E-state index is 11.0. The van der Waals surface area contributed by atoms with Crippen LogP contribution < -0.4 is 16.0 Å². The lowest BCUT2D eigenvalue weighted by Gasteiger charge is -2.05. The van der Waals surface area contributed by atoms with E-state index >= 15 is 0 Å². The van der Waals surface area contributed by atoms with Gasteiger partial charge in [-0.15, -0.1) is 0 Å². The fraction of sp³-hybridized carbons (Fsp3) is 0. The first-order chi connectivity index (χ1) is 15.1. The molecule has 2 aromatic heterocycles. The molecule has 0 aliphatic carbocycles. The van der Waals surface area contributed by atoms with Gasteiger partial charge in [0.25, 0.3) is 0 Å². The van der Waals surface area contributed by atoms with E-state index in [0.717, 1.165) is 11.1 Å². The van der Waals surface area contributed by atoms with Crippen LogP contribution in [0.5, 0.6) is 11.5 Å². The quantitative estimate of drug-likeness (QED) is 0.467. The molecule has 4 aromatic rings. The van der Waals surface area contributed by atoms with Gasteiger partial charge in [0.15, 0.2) is 0 Å². The van der Waals surface area contributed by atoms with E-state index in [2.05, 4.69) is 23.7 Å². The Labute approximate surface area is 177 Å². The second-order valence-corrected chi connectivity index (χ2v) is 6.34. The summed E-state index contributed by atoms with van der Waals surface area (Å²) in [5.74, 6) is 13.2. The highest BCUT2D eigenvalue weighted by atomic mass is 16.5. The summed E-state index contributed by atoms with van der Waals surface area (Å²) in [4.78, 5) is 21.9. The lowest BCUT2D eigenvalue weighted by Crippen LogP contribution is -1.93. The monoisotopic (exact) mass is 406 g/mol. The fourth-order valence-electron chi connectivity index (χ4n) is 2.50. The first kappa shape index (κ1) is 19.6. The second kappa shape index (κ2) is 9.17. The van der Waals surface area contributed by atoms with Crippen LogP contribution in [0, 0.1) is 23.7 Å². The van der Waals surface area contributed by atoms with Gasteiger partial charge in [-0.2, -0.15) is 0 Å². The molecule has 2 heterocycles. The maximum Gasteiger partial charge on any atom is 0.335 e.